The van der Waals surface area contributed by atoms with Crippen molar-refractivity contribution in [1.82, 2.24) is 4.57 Å². The second-order valence-corrected chi connectivity index (χ2v) is 9.49. The number of ether oxygens (including phenoxy) is 1. The zero-order valence-electron chi connectivity index (χ0n) is 16.7. The van der Waals surface area contributed by atoms with Crippen molar-refractivity contribution in [3.8, 4) is 23.1 Å². The van der Waals surface area contributed by atoms with Crippen LogP contribution in [0.25, 0.3) is 22.2 Å². The van der Waals surface area contributed by atoms with Crippen molar-refractivity contribution in [2.75, 3.05) is 23.7 Å². The molecule has 1 aliphatic rings. The molecule has 0 spiro atoms. The molecule has 6 nitrogen and oxygen atoms in total. The van der Waals surface area contributed by atoms with Gasteiger partial charge in [-0.25, -0.2) is 8.42 Å². The second kappa shape index (κ2) is 7.12. The van der Waals surface area contributed by atoms with Crippen LogP contribution in [0.15, 0.2) is 42.5 Å². The summed E-state index contributed by atoms with van der Waals surface area (Å²) in [5.74, 6) is 0.900. The quantitative estimate of drug-likeness (QED) is 0.643. The molecule has 1 saturated heterocycles. The molecule has 0 N–H and O–H groups in total. The fourth-order valence-corrected chi connectivity index (χ4v) is 5.64. The SMILES string of the molecule is COc1ccc2c(C#N)c(-c3cccc(N4CCCS4(=O)=O)c3)n(C(C)C)c2c1. The second-order valence-electron chi connectivity index (χ2n) is 7.47. The van der Waals surface area contributed by atoms with Gasteiger partial charge in [0.15, 0.2) is 0 Å². The highest BCUT2D eigenvalue weighted by molar-refractivity contribution is 7.93. The number of hydrogen-bond donors (Lipinski definition) is 0. The molecule has 0 aliphatic carbocycles. The van der Waals surface area contributed by atoms with Crippen molar-refractivity contribution >= 4 is 26.6 Å². The van der Waals surface area contributed by atoms with Gasteiger partial charge >= 0.3 is 0 Å². The zero-order valence-corrected chi connectivity index (χ0v) is 17.5. The number of sulfonamides is 1. The highest BCUT2D eigenvalue weighted by atomic mass is 32.2. The topological polar surface area (TPSA) is 75.3 Å². The third-order valence-electron chi connectivity index (χ3n) is 5.35. The molecule has 0 bridgehead atoms. The Morgan fingerprint density at radius 3 is 2.59 bits per heavy atom. The number of anilines is 1. The lowest BCUT2D eigenvalue weighted by atomic mass is 10.0. The third kappa shape index (κ3) is 3.14. The molecule has 1 aliphatic heterocycles. The van der Waals surface area contributed by atoms with Crippen LogP contribution in [0.4, 0.5) is 5.69 Å². The average Bonchev–Trinajstić information content (AvgIpc) is 3.23. The molecule has 7 heteroatoms. The molecular formula is C22H23N3O3S. The van der Waals surface area contributed by atoms with Crippen molar-refractivity contribution in [3.05, 3.63) is 48.0 Å². The fourth-order valence-electron chi connectivity index (χ4n) is 4.09. The molecule has 1 aromatic heterocycles. The van der Waals surface area contributed by atoms with Gasteiger partial charge in [-0.3, -0.25) is 4.31 Å². The van der Waals surface area contributed by atoms with Gasteiger partial charge in [0.05, 0.1) is 35.3 Å². The van der Waals surface area contributed by atoms with Crippen LogP contribution in [0.1, 0.15) is 31.9 Å². The van der Waals surface area contributed by atoms with E-state index in [4.69, 9.17) is 4.74 Å². The predicted octanol–water partition coefficient (Wildman–Crippen LogP) is 4.31. The Kier molecular flexibility index (Phi) is 4.75. The lowest BCUT2D eigenvalue weighted by Gasteiger charge is -2.19. The average molecular weight is 410 g/mol. The van der Waals surface area contributed by atoms with Gasteiger partial charge < -0.3 is 9.30 Å². The summed E-state index contributed by atoms with van der Waals surface area (Å²) in [7, 11) is -1.65. The molecule has 1 fully saturated rings. The van der Waals surface area contributed by atoms with Crippen LogP contribution in [-0.2, 0) is 10.0 Å². The lowest BCUT2D eigenvalue weighted by Crippen LogP contribution is -2.25. The van der Waals surface area contributed by atoms with Gasteiger partial charge in [-0.2, -0.15) is 5.26 Å². The number of nitrogens with zero attached hydrogens (tertiary/aromatic N) is 3. The molecule has 2 aromatic carbocycles. The van der Waals surface area contributed by atoms with Crippen LogP contribution in [0.2, 0.25) is 0 Å². The number of nitriles is 1. The van der Waals surface area contributed by atoms with Gasteiger partial charge in [-0.1, -0.05) is 12.1 Å². The van der Waals surface area contributed by atoms with E-state index in [-0.39, 0.29) is 11.8 Å². The first kappa shape index (κ1) is 19.3. The Bertz CT molecular complexity index is 1240. The number of rotatable bonds is 4. The molecule has 29 heavy (non-hydrogen) atoms. The van der Waals surface area contributed by atoms with E-state index in [1.165, 1.54) is 4.31 Å². The Labute approximate surface area is 171 Å². The predicted molar refractivity (Wildman–Crippen MR) is 115 cm³/mol. The maximum atomic E-state index is 12.4. The van der Waals surface area contributed by atoms with Crippen LogP contribution < -0.4 is 9.04 Å². The number of methoxy groups -OCH3 is 1. The van der Waals surface area contributed by atoms with E-state index in [0.717, 1.165) is 27.9 Å². The molecule has 3 aromatic rings. The smallest absolute Gasteiger partial charge is 0.235 e. The first-order valence-corrected chi connectivity index (χ1v) is 11.2. The van der Waals surface area contributed by atoms with Crippen LogP contribution >= 0.6 is 0 Å². The molecule has 0 radical (unpaired) electrons. The van der Waals surface area contributed by atoms with Gasteiger partial charge in [0.1, 0.15) is 11.8 Å². The first-order chi connectivity index (χ1) is 13.9. The summed E-state index contributed by atoms with van der Waals surface area (Å²) in [6.07, 6.45) is 0.627. The summed E-state index contributed by atoms with van der Waals surface area (Å²) in [6, 6.07) is 15.6. The Balaban J connectivity index is 1.98. The normalized spacial score (nSPS) is 15.8. The van der Waals surface area contributed by atoms with Crippen molar-refractivity contribution in [1.29, 1.82) is 5.26 Å². The number of hydrogen-bond acceptors (Lipinski definition) is 4. The molecule has 0 unspecified atom stereocenters. The molecule has 150 valence electrons. The van der Waals surface area contributed by atoms with E-state index in [2.05, 4.69) is 24.5 Å². The molecule has 0 saturated carbocycles. The van der Waals surface area contributed by atoms with Crippen molar-refractivity contribution in [2.45, 2.75) is 26.3 Å². The number of fused-ring (bicyclic) bond motifs is 1. The third-order valence-corrected chi connectivity index (χ3v) is 7.22. The summed E-state index contributed by atoms with van der Waals surface area (Å²) in [5, 5.41) is 10.8. The highest BCUT2D eigenvalue weighted by Gasteiger charge is 2.29. The standard InChI is InChI=1S/C22H23N3O3S/c1-15(2)25-21-13-18(28-3)8-9-19(21)20(14-23)22(25)16-6-4-7-17(12-16)24-10-5-11-29(24,26)27/h4,6-9,12-13,15H,5,10-11H2,1-3H3. The van der Waals surface area contributed by atoms with Crippen LogP contribution in [0.5, 0.6) is 5.75 Å². The molecular weight excluding hydrogens is 386 g/mol. The number of benzene rings is 2. The summed E-state index contributed by atoms with van der Waals surface area (Å²) in [4.78, 5) is 0. The molecule has 0 amide bonds. The fraction of sp³-hybridized carbons (Fsp3) is 0.318. The summed E-state index contributed by atoms with van der Waals surface area (Å²) >= 11 is 0. The summed E-state index contributed by atoms with van der Waals surface area (Å²) in [6.45, 7) is 4.62. The summed E-state index contributed by atoms with van der Waals surface area (Å²) in [5.41, 5.74) is 3.76. The van der Waals surface area contributed by atoms with Crippen LogP contribution in [0.3, 0.4) is 0 Å². The Morgan fingerprint density at radius 2 is 1.97 bits per heavy atom. The molecule has 0 atom stereocenters. The van der Waals surface area contributed by atoms with Gasteiger partial charge in [0.2, 0.25) is 10.0 Å². The van der Waals surface area contributed by atoms with Gasteiger partial charge in [0.25, 0.3) is 0 Å². The minimum absolute atomic E-state index is 0.0980. The molecule has 2 heterocycles. The van der Waals surface area contributed by atoms with Gasteiger partial charge in [0, 0.05) is 29.6 Å². The van der Waals surface area contributed by atoms with Gasteiger partial charge in [-0.05, 0) is 44.5 Å². The van der Waals surface area contributed by atoms with E-state index in [9.17, 15) is 13.7 Å². The highest BCUT2D eigenvalue weighted by Crippen LogP contribution is 2.39. The minimum atomic E-state index is -3.27. The maximum Gasteiger partial charge on any atom is 0.235 e. The maximum absolute atomic E-state index is 12.4. The Hall–Kier alpha value is -2.98. The zero-order chi connectivity index (χ0) is 20.8. The molecule has 4 rings (SSSR count). The largest absolute Gasteiger partial charge is 0.497 e. The van der Waals surface area contributed by atoms with E-state index in [1.807, 2.05) is 42.5 Å². The first-order valence-electron chi connectivity index (χ1n) is 9.60. The Morgan fingerprint density at radius 1 is 1.17 bits per heavy atom. The van der Waals surface area contributed by atoms with Gasteiger partial charge in [-0.15, -0.1) is 0 Å². The van der Waals surface area contributed by atoms with Crippen molar-refractivity contribution < 1.29 is 13.2 Å². The van der Waals surface area contributed by atoms with Crippen LogP contribution in [0, 0.1) is 11.3 Å². The van der Waals surface area contributed by atoms with E-state index < -0.39 is 10.0 Å². The minimum Gasteiger partial charge on any atom is -0.497 e. The van der Waals surface area contributed by atoms with Crippen LogP contribution in [-0.4, -0.2) is 32.4 Å². The van der Waals surface area contributed by atoms with E-state index >= 15 is 0 Å². The van der Waals surface area contributed by atoms with E-state index in [0.29, 0.717) is 24.2 Å². The van der Waals surface area contributed by atoms with Crippen molar-refractivity contribution in [2.24, 2.45) is 0 Å². The van der Waals surface area contributed by atoms with E-state index in [1.54, 1.807) is 7.11 Å². The monoisotopic (exact) mass is 409 g/mol. The lowest BCUT2D eigenvalue weighted by molar-refractivity contribution is 0.415. The number of aromatic nitrogens is 1. The summed E-state index contributed by atoms with van der Waals surface area (Å²) < 4.78 is 33.7. The van der Waals surface area contributed by atoms with Crippen molar-refractivity contribution in [3.63, 3.8) is 0 Å².